The van der Waals surface area contributed by atoms with Crippen molar-refractivity contribution in [2.45, 2.75) is 50.7 Å². The van der Waals surface area contributed by atoms with E-state index in [1.165, 1.54) is 0 Å². The van der Waals surface area contributed by atoms with Crippen molar-refractivity contribution in [3.05, 3.63) is 0 Å². The molecule has 0 aromatic carbocycles. The molecular formula is C9H18O6. The van der Waals surface area contributed by atoms with Crippen LogP contribution in [0.3, 0.4) is 0 Å². The molecule has 1 aliphatic rings. The molecule has 0 spiro atoms. The van der Waals surface area contributed by atoms with Gasteiger partial charge >= 0.3 is 0 Å². The van der Waals surface area contributed by atoms with Crippen molar-refractivity contribution in [2.24, 2.45) is 0 Å². The third-order valence-electron chi connectivity index (χ3n) is 2.25. The predicted molar refractivity (Wildman–Crippen MR) is 50.0 cm³/mol. The SMILES string of the molecule is CC(C)O[C@H]1OC(CO)[C@@H](O)[C@@H](O)C1O. The fourth-order valence-corrected chi connectivity index (χ4v) is 1.45. The molecule has 4 N–H and O–H groups in total. The lowest BCUT2D eigenvalue weighted by Gasteiger charge is -2.40. The van der Waals surface area contributed by atoms with E-state index in [4.69, 9.17) is 14.6 Å². The van der Waals surface area contributed by atoms with Crippen molar-refractivity contribution in [3.8, 4) is 0 Å². The molecule has 0 aromatic heterocycles. The first-order valence-corrected chi connectivity index (χ1v) is 4.93. The summed E-state index contributed by atoms with van der Waals surface area (Å²) in [5.74, 6) is 0. The summed E-state index contributed by atoms with van der Waals surface area (Å²) in [4.78, 5) is 0. The second-order valence-corrected chi connectivity index (χ2v) is 3.88. The minimum Gasteiger partial charge on any atom is -0.394 e. The molecule has 0 radical (unpaired) electrons. The van der Waals surface area contributed by atoms with Crippen LogP contribution >= 0.6 is 0 Å². The van der Waals surface area contributed by atoms with Gasteiger partial charge in [0, 0.05) is 0 Å². The molecule has 2 unspecified atom stereocenters. The molecule has 1 aliphatic heterocycles. The summed E-state index contributed by atoms with van der Waals surface area (Å²) in [6.07, 6.45) is -6.15. The number of hydrogen-bond donors (Lipinski definition) is 4. The Labute approximate surface area is 88.1 Å². The van der Waals surface area contributed by atoms with E-state index in [-0.39, 0.29) is 6.10 Å². The summed E-state index contributed by atoms with van der Waals surface area (Å²) in [7, 11) is 0. The predicted octanol–water partition coefficient (Wildman–Crippen LogP) is -1.79. The quantitative estimate of drug-likeness (QED) is 0.450. The van der Waals surface area contributed by atoms with E-state index in [0.29, 0.717) is 0 Å². The van der Waals surface area contributed by atoms with Gasteiger partial charge in [0.15, 0.2) is 6.29 Å². The van der Waals surface area contributed by atoms with E-state index in [1.54, 1.807) is 13.8 Å². The highest BCUT2D eigenvalue weighted by molar-refractivity contribution is 4.88. The molecule has 6 nitrogen and oxygen atoms in total. The maximum absolute atomic E-state index is 9.53. The van der Waals surface area contributed by atoms with Crippen LogP contribution in [-0.2, 0) is 9.47 Å². The zero-order valence-electron chi connectivity index (χ0n) is 8.78. The molecule has 1 rings (SSSR count). The molecule has 1 heterocycles. The Balaban J connectivity index is 2.65. The average molecular weight is 222 g/mol. The van der Waals surface area contributed by atoms with Crippen molar-refractivity contribution < 1.29 is 29.9 Å². The summed E-state index contributed by atoms with van der Waals surface area (Å²) in [5, 5.41) is 37.3. The van der Waals surface area contributed by atoms with E-state index in [1.807, 2.05) is 0 Å². The highest BCUT2D eigenvalue weighted by Crippen LogP contribution is 2.22. The molecule has 15 heavy (non-hydrogen) atoms. The van der Waals surface area contributed by atoms with Gasteiger partial charge in [0.1, 0.15) is 24.4 Å². The van der Waals surface area contributed by atoms with Crippen LogP contribution in [0.4, 0.5) is 0 Å². The number of aliphatic hydroxyl groups excluding tert-OH is 4. The summed E-state index contributed by atoms with van der Waals surface area (Å²) in [5.41, 5.74) is 0. The Bertz CT molecular complexity index is 195. The summed E-state index contributed by atoms with van der Waals surface area (Å²) < 4.78 is 10.3. The van der Waals surface area contributed by atoms with Crippen LogP contribution in [-0.4, -0.2) is 63.8 Å². The zero-order chi connectivity index (χ0) is 11.6. The third-order valence-corrected chi connectivity index (χ3v) is 2.25. The van der Waals surface area contributed by atoms with Crippen LogP contribution in [0.15, 0.2) is 0 Å². The van der Waals surface area contributed by atoms with Crippen molar-refractivity contribution in [2.75, 3.05) is 6.61 Å². The van der Waals surface area contributed by atoms with Crippen molar-refractivity contribution in [1.82, 2.24) is 0 Å². The van der Waals surface area contributed by atoms with Crippen LogP contribution in [0.2, 0.25) is 0 Å². The Hall–Kier alpha value is -0.240. The van der Waals surface area contributed by atoms with Gasteiger partial charge in [-0.2, -0.15) is 0 Å². The molecule has 5 atom stereocenters. The van der Waals surface area contributed by atoms with E-state index in [2.05, 4.69) is 0 Å². The summed E-state index contributed by atoms with van der Waals surface area (Å²) in [6, 6.07) is 0. The van der Waals surface area contributed by atoms with Crippen LogP contribution < -0.4 is 0 Å². The molecule has 0 aliphatic carbocycles. The largest absolute Gasteiger partial charge is 0.394 e. The Morgan fingerprint density at radius 1 is 1.13 bits per heavy atom. The first-order valence-electron chi connectivity index (χ1n) is 4.93. The van der Waals surface area contributed by atoms with Crippen LogP contribution in [0, 0.1) is 0 Å². The lowest BCUT2D eigenvalue weighted by Crippen LogP contribution is -2.59. The van der Waals surface area contributed by atoms with Crippen LogP contribution in [0.1, 0.15) is 13.8 Å². The van der Waals surface area contributed by atoms with Gasteiger partial charge in [0.25, 0.3) is 0 Å². The second kappa shape index (κ2) is 5.20. The lowest BCUT2D eigenvalue weighted by atomic mass is 9.99. The van der Waals surface area contributed by atoms with E-state index in [0.717, 1.165) is 0 Å². The molecular weight excluding hydrogens is 204 g/mol. The maximum atomic E-state index is 9.53. The molecule has 0 amide bonds. The number of aliphatic hydroxyl groups is 4. The second-order valence-electron chi connectivity index (χ2n) is 3.88. The Morgan fingerprint density at radius 2 is 1.73 bits per heavy atom. The minimum atomic E-state index is -1.38. The fraction of sp³-hybridized carbons (Fsp3) is 1.00. The summed E-state index contributed by atoms with van der Waals surface area (Å²) in [6.45, 7) is 3.06. The standard InChI is InChI=1S/C9H18O6/c1-4(2)14-9-8(13)7(12)6(11)5(3-10)15-9/h4-13H,3H2,1-2H3/t5?,6-,7-,8?,9+/m1/s1. The third kappa shape index (κ3) is 2.87. The van der Waals surface area contributed by atoms with Gasteiger partial charge in [-0.3, -0.25) is 0 Å². The first-order chi connectivity index (χ1) is 6.97. The zero-order valence-corrected chi connectivity index (χ0v) is 8.78. The topological polar surface area (TPSA) is 99.4 Å². The Morgan fingerprint density at radius 3 is 2.20 bits per heavy atom. The van der Waals surface area contributed by atoms with Gasteiger partial charge in [-0.05, 0) is 13.8 Å². The molecule has 0 aromatic rings. The molecule has 90 valence electrons. The van der Waals surface area contributed by atoms with Crippen LogP contribution in [0.5, 0.6) is 0 Å². The van der Waals surface area contributed by atoms with Gasteiger partial charge in [0.2, 0.25) is 0 Å². The molecule has 1 saturated heterocycles. The molecule has 6 heteroatoms. The van der Waals surface area contributed by atoms with Gasteiger partial charge in [-0.1, -0.05) is 0 Å². The van der Waals surface area contributed by atoms with Crippen molar-refractivity contribution in [1.29, 1.82) is 0 Å². The smallest absolute Gasteiger partial charge is 0.186 e. The lowest BCUT2D eigenvalue weighted by molar-refractivity contribution is -0.308. The van der Waals surface area contributed by atoms with E-state index in [9.17, 15) is 15.3 Å². The number of rotatable bonds is 3. The fourth-order valence-electron chi connectivity index (χ4n) is 1.45. The van der Waals surface area contributed by atoms with E-state index < -0.39 is 37.3 Å². The minimum absolute atomic E-state index is 0.188. The first kappa shape index (κ1) is 12.8. The summed E-state index contributed by atoms with van der Waals surface area (Å²) >= 11 is 0. The highest BCUT2D eigenvalue weighted by atomic mass is 16.7. The van der Waals surface area contributed by atoms with Crippen molar-refractivity contribution >= 4 is 0 Å². The van der Waals surface area contributed by atoms with Crippen LogP contribution in [0.25, 0.3) is 0 Å². The Kier molecular flexibility index (Phi) is 4.45. The average Bonchev–Trinajstić information content (AvgIpc) is 2.18. The maximum Gasteiger partial charge on any atom is 0.186 e. The molecule has 0 saturated carbocycles. The van der Waals surface area contributed by atoms with Gasteiger partial charge in [-0.15, -0.1) is 0 Å². The molecule has 0 bridgehead atoms. The number of ether oxygens (including phenoxy) is 2. The van der Waals surface area contributed by atoms with Crippen molar-refractivity contribution in [3.63, 3.8) is 0 Å². The van der Waals surface area contributed by atoms with Gasteiger partial charge in [-0.25, -0.2) is 0 Å². The number of hydrogen-bond acceptors (Lipinski definition) is 6. The van der Waals surface area contributed by atoms with Gasteiger partial charge < -0.3 is 29.9 Å². The monoisotopic (exact) mass is 222 g/mol. The normalized spacial score (nSPS) is 42.2. The van der Waals surface area contributed by atoms with E-state index >= 15 is 0 Å². The van der Waals surface area contributed by atoms with Gasteiger partial charge in [0.05, 0.1) is 12.7 Å². The highest BCUT2D eigenvalue weighted by Gasteiger charge is 2.44. The molecule has 1 fully saturated rings.